The van der Waals surface area contributed by atoms with E-state index in [-0.39, 0.29) is 0 Å². The minimum absolute atomic E-state index is 0.618. The van der Waals surface area contributed by atoms with Crippen molar-refractivity contribution in [1.29, 1.82) is 5.26 Å². The number of aromatic nitrogens is 1. The van der Waals surface area contributed by atoms with Gasteiger partial charge < -0.3 is 0 Å². The largest absolute Gasteiger partial charge is 0.260 e. The van der Waals surface area contributed by atoms with Crippen LogP contribution in [0.3, 0.4) is 0 Å². The molecular weight excluding hydrogens is 352 g/mol. The molecule has 2 heteroatoms. The molecule has 1 aromatic heterocycles. The van der Waals surface area contributed by atoms with E-state index < -0.39 is 0 Å². The second kappa shape index (κ2) is 12.4. The minimum Gasteiger partial charge on any atom is -0.260 e. The summed E-state index contributed by atoms with van der Waals surface area (Å²) in [6, 6.07) is 6.19. The van der Waals surface area contributed by atoms with Crippen LogP contribution in [0.5, 0.6) is 0 Å². The van der Waals surface area contributed by atoms with Crippen LogP contribution in [0.15, 0.2) is 18.3 Å². The molecule has 0 N–H and O–H groups in total. The smallest absolute Gasteiger partial charge is 0.101 e. The van der Waals surface area contributed by atoms with E-state index in [2.05, 4.69) is 24.0 Å². The van der Waals surface area contributed by atoms with E-state index in [1.807, 2.05) is 6.07 Å². The van der Waals surface area contributed by atoms with Crippen molar-refractivity contribution in [2.45, 2.75) is 116 Å². The first-order chi connectivity index (χ1) is 14.3. The molecule has 0 radical (unpaired) electrons. The van der Waals surface area contributed by atoms with E-state index in [4.69, 9.17) is 5.26 Å². The number of hydrogen-bond donors (Lipinski definition) is 0. The molecule has 0 unspecified atom stereocenters. The zero-order valence-corrected chi connectivity index (χ0v) is 18.7. The molecule has 0 spiro atoms. The monoisotopic (exact) mass is 394 g/mol. The van der Waals surface area contributed by atoms with Crippen molar-refractivity contribution in [3.63, 3.8) is 0 Å². The summed E-state index contributed by atoms with van der Waals surface area (Å²) in [6.45, 7) is 2.30. The summed E-state index contributed by atoms with van der Waals surface area (Å²) in [4.78, 5) is 4.55. The van der Waals surface area contributed by atoms with Gasteiger partial charge >= 0.3 is 0 Å². The van der Waals surface area contributed by atoms with Gasteiger partial charge in [0.15, 0.2) is 0 Å². The second-order valence-corrected chi connectivity index (χ2v) is 9.89. The SMILES string of the molecule is CCCCCCCCCC1CCC(C2CCC(c3ccc(C#N)cn3)CC2)CC1. The van der Waals surface area contributed by atoms with Gasteiger partial charge in [0.2, 0.25) is 0 Å². The molecule has 1 aromatic rings. The zero-order chi connectivity index (χ0) is 20.3. The van der Waals surface area contributed by atoms with Crippen LogP contribution in [0.2, 0.25) is 0 Å². The Balaban J connectivity index is 1.29. The van der Waals surface area contributed by atoms with E-state index in [9.17, 15) is 0 Å². The van der Waals surface area contributed by atoms with Gasteiger partial charge in [0, 0.05) is 17.8 Å². The van der Waals surface area contributed by atoms with Gasteiger partial charge in [0.25, 0.3) is 0 Å². The summed E-state index contributed by atoms with van der Waals surface area (Å²) in [6.07, 6.45) is 24.7. The topological polar surface area (TPSA) is 36.7 Å². The summed E-state index contributed by atoms with van der Waals surface area (Å²) < 4.78 is 0. The summed E-state index contributed by atoms with van der Waals surface area (Å²) in [5, 5.41) is 8.95. The van der Waals surface area contributed by atoms with Gasteiger partial charge in [-0.25, -0.2) is 0 Å². The Bertz CT molecular complexity index is 598. The fourth-order valence-electron chi connectivity index (χ4n) is 5.94. The molecule has 2 aliphatic carbocycles. The average molecular weight is 395 g/mol. The number of rotatable bonds is 10. The van der Waals surface area contributed by atoms with Crippen molar-refractivity contribution in [3.8, 4) is 6.07 Å². The molecule has 0 aromatic carbocycles. The highest BCUT2D eigenvalue weighted by Gasteiger charge is 2.31. The Hall–Kier alpha value is -1.36. The van der Waals surface area contributed by atoms with Crippen molar-refractivity contribution in [2.24, 2.45) is 17.8 Å². The van der Waals surface area contributed by atoms with Crippen molar-refractivity contribution in [1.82, 2.24) is 4.98 Å². The number of pyridine rings is 1. The van der Waals surface area contributed by atoms with E-state index in [0.29, 0.717) is 11.5 Å². The Morgan fingerprint density at radius 1 is 0.828 bits per heavy atom. The predicted molar refractivity (Wildman–Crippen MR) is 122 cm³/mol. The Morgan fingerprint density at radius 3 is 2.03 bits per heavy atom. The first-order valence-corrected chi connectivity index (χ1v) is 12.7. The predicted octanol–water partition coefficient (Wildman–Crippen LogP) is 8.17. The van der Waals surface area contributed by atoms with Crippen LogP contribution in [0.1, 0.15) is 127 Å². The van der Waals surface area contributed by atoms with E-state index in [0.717, 1.165) is 17.8 Å². The lowest BCUT2D eigenvalue weighted by atomic mass is 9.68. The van der Waals surface area contributed by atoms with Crippen LogP contribution in [0, 0.1) is 29.1 Å². The highest BCUT2D eigenvalue weighted by Crippen LogP contribution is 2.44. The summed E-state index contributed by atoms with van der Waals surface area (Å²) in [5.41, 5.74) is 1.89. The van der Waals surface area contributed by atoms with Crippen molar-refractivity contribution in [3.05, 3.63) is 29.6 Å². The third-order valence-electron chi connectivity index (χ3n) is 7.88. The summed E-state index contributed by atoms with van der Waals surface area (Å²) in [7, 11) is 0. The zero-order valence-electron chi connectivity index (χ0n) is 18.7. The highest BCUT2D eigenvalue weighted by molar-refractivity contribution is 5.27. The van der Waals surface area contributed by atoms with Crippen molar-refractivity contribution >= 4 is 0 Å². The molecule has 2 fully saturated rings. The lowest BCUT2D eigenvalue weighted by Gasteiger charge is -2.37. The van der Waals surface area contributed by atoms with Crippen LogP contribution in [-0.2, 0) is 0 Å². The Morgan fingerprint density at radius 2 is 1.45 bits per heavy atom. The third-order valence-corrected chi connectivity index (χ3v) is 7.88. The van der Waals surface area contributed by atoms with Crippen LogP contribution >= 0.6 is 0 Å². The lowest BCUT2D eigenvalue weighted by molar-refractivity contribution is 0.155. The summed E-state index contributed by atoms with van der Waals surface area (Å²) in [5.74, 6) is 3.60. The molecule has 160 valence electrons. The fraction of sp³-hybridized carbons (Fsp3) is 0.778. The van der Waals surface area contributed by atoms with E-state index in [1.54, 1.807) is 6.20 Å². The van der Waals surface area contributed by atoms with Crippen molar-refractivity contribution < 1.29 is 0 Å². The first-order valence-electron chi connectivity index (χ1n) is 12.7. The molecule has 0 bridgehead atoms. The van der Waals surface area contributed by atoms with Gasteiger partial charge in [-0.05, 0) is 68.4 Å². The van der Waals surface area contributed by atoms with Gasteiger partial charge in [-0.15, -0.1) is 0 Å². The Labute approximate surface area is 179 Å². The molecule has 2 aliphatic rings. The van der Waals surface area contributed by atoms with Gasteiger partial charge in [-0.2, -0.15) is 5.26 Å². The average Bonchev–Trinajstić information content (AvgIpc) is 2.79. The fourth-order valence-corrected chi connectivity index (χ4v) is 5.94. The molecule has 1 heterocycles. The molecule has 0 amide bonds. The molecule has 0 saturated heterocycles. The number of unbranched alkanes of at least 4 members (excludes halogenated alkanes) is 6. The molecule has 29 heavy (non-hydrogen) atoms. The third kappa shape index (κ3) is 7.13. The van der Waals surface area contributed by atoms with Gasteiger partial charge in [0.05, 0.1) is 5.56 Å². The first kappa shape index (κ1) is 22.3. The van der Waals surface area contributed by atoms with Gasteiger partial charge in [-0.1, -0.05) is 71.1 Å². The van der Waals surface area contributed by atoms with Crippen molar-refractivity contribution in [2.75, 3.05) is 0 Å². The molecule has 2 nitrogen and oxygen atoms in total. The minimum atomic E-state index is 0.618. The Kier molecular flexibility index (Phi) is 9.52. The highest BCUT2D eigenvalue weighted by atomic mass is 14.7. The normalized spacial score (nSPS) is 27.4. The lowest BCUT2D eigenvalue weighted by Crippen LogP contribution is -2.25. The van der Waals surface area contributed by atoms with Gasteiger partial charge in [-0.3, -0.25) is 4.98 Å². The number of nitrogens with zero attached hydrogens (tertiary/aromatic N) is 2. The maximum Gasteiger partial charge on any atom is 0.101 e. The van der Waals surface area contributed by atoms with Gasteiger partial charge in [0.1, 0.15) is 6.07 Å². The standard InChI is InChI=1S/C27H42N2/c1-2-3-4-5-6-7-8-9-22-10-13-24(14-11-22)25-15-17-26(18-16-25)27-19-12-23(20-28)21-29-27/h12,19,21-22,24-26H,2-11,13-18H2,1H3. The number of hydrogen-bond acceptors (Lipinski definition) is 2. The molecule has 0 atom stereocenters. The number of nitriles is 1. The van der Waals surface area contributed by atoms with Crippen LogP contribution < -0.4 is 0 Å². The molecule has 0 aliphatic heterocycles. The van der Waals surface area contributed by atoms with E-state index >= 15 is 0 Å². The van der Waals surface area contributed by atoms with Crippen LogP contribution in [0.4, 0.5) is 0 Å². The molecule has 2 saturated carbocycles. The second-order valence-electron chi connectivity index (χ2n) is 9.89. The maximum absolute atomic E-state index is 8.95. The van der Waals surface area contributed by atoms with Crippen LogP contribution in [0.25, 0.3) is 0 Å². The van der Waals surface area contributed by atoms with Crippen LogP contribution in [-0.4, -0.2) is 4.98 Å². The molecular formula is C27H42N2. The quantitative estimate of drug-likeness (QED) is 0.375. The molecule has 3 rings (SSSR count). The summed E-state index contributed by atoms with van der Waals surface area (Å²) >= 11 is 0. The maximum atomic E-state index is 8.95. The van der Waals surface area contributed by atoms with E-state index in [1.165, 1.54) is 108 Å².